The van der Waals surface area contributed by atoms with E-state index in [0.717, 1.165) is 19.0 Å². The van der Waals surface area contributed by atoms with Gasteiger partial charge in [-0.15, -0.1) is 0 Å². The van der Waals surface area contributed by atoms with Crippen LogP contribution in [0.4, 0.5) is 0 Å². The molecule has 0 bridgehead atoms. The SMILES string of the molecule is CCCCC(CC)CNCc1c(C)cccc1C. The van der Waals surface area contributed by atoms with Gasteiger partial charge < -0.3 is 5.32 Å². The molecule has 1 unspecified atom stereocenters. The summed E-state index contributed by atoms with van der Waals surface area (Å²) in [5.41, 5.74) is 4.29. The minimum atomic E-state index is 0.842. The van der Waals surface area contributed by atoms with Gasteiger partial charge in [-0.3, -0.25) is 0 Å². The lowest BCUT2D eigenvalue weighted by atomic mass is 9.98. The molecule has 1 aromatic carbocycles. The molecule has 18 heavy (non-hydrogen) atoms. The van der Waals surface area contributed by atoms with Crippen LogP contribution in [0.1, 0.15) is 56.2 Å². The fourth-order valence-corrected chi connectivity index (χ4v) is 2.47. The Hall–Kier alpha value is -0.820. The third-order valence-electron chi connectivity index (χ3n) is 3.92. The molecule has 0 fully saturated rings. The summed E-state index contributed by atoms with van der Waals surface area (Å²) in [5, 5.41) is 3.64. The molecule has 1 aromatic rings. The highest BCUT2D eigenvalue weighted by molar-refractivity contribution is 5.33. The molecule has 1 rings (SSSR count). The average molecular weight is 247 g/mol. The van der Waals surface area contributed by atoms with Crippen molar-refractivity contribution in [2.75, 3.05) is 6.54 Å². The molecule has 1 nitrogen and oxygen atoms in total. The average Bonchev–Trinajstić information content (AvgIpc) is 2.36. The minimum Gasteiger partial charge on any atom is -0.312 e. The normalized spacial score (nSPS) is 12.7. The van der Waals surface area contributed by atoms with Gasteiger partial charge >= 0.3 is 0 Å². The van der Waals surface area contributed by atoms with Crippen molar-refractivity contribution in [2.45, 2.75) is 59.9 Å². The van der Waals surface area contributed by atoms with Crippen LogP contribution in [0, 0.1) is 19.8 Å². The maximum absolute atomic E-state index is 3.64. The first-order valence-corrected chi connectivity index (χ1v) is 7.44. The molecular weight excluding hydrogens is 218 g/mol. The van der Waals surface area contributed by atoms with Crippen molar-refractivity contribution in [1.29, 1.82) is 0 Å². The second kappa shape index (κ2) is 8.31. The van der Waals surface area contributed by atoms with Crippen molar-refractivity contribution in [3.05, 3.63) is 34.9 Å². The van der Waals surface area contributed by atoms with Crippen LogP contribution in [0.2, 0.25) is 0 Å². The number of unbranched alkanes of at least 4 members (excludes halogenated alkanes) is 1. The highest BCUT2D eigenvalue weighted by Crippen LogP contribution is 2.14. The largest absolute Gasteiger partial charge is 0.312 e. The highest BCUT2D eigenvalue weighted by atomic mass is 14.9. The first kappa shape index (κ1) is 15.2. The Morgan fingerprint density at radius 3 is 2.33 bits per heavy atom. The van der Waals surface area contributed by atoms with Crippen LogP contribution in [-0.2, 0) is 6.54 Å². The van der Waals surface area contributed by atoms with E-state index in [0.29, 0.717) is 0 Å². The molecular formula is C17H29N. The van der Waals surface area contributed by atoms with E-state index >= 15 is 0 Å². The first-order chi connectivity index (χ1) is 8.69. The second-order valence-corrected chi connectivity index (χ2v) is 5.42. The summed E-state index contributed by atoms with van der Waals surface area (Å²) in [4.78, 5) is 0. The predicted octanol–water partition coefficient (Wildman–Crippen LogP) is 4.61. The molecule has 0 amide bonds. The van der Waals surface area contributed by atoms with Gasteiger partial charge in [0.2, 0.25) is 0 Å². The summed E-state index contributed by atoms with van der Waals surface area (Å²) in [7, 11) is 0. The van der Waals surface area contributed by atoms with Crippen molar-refractivity contribution in [2.24, 2.45) is 5.92 Å². The van der Waals surface area contributed by atoms with Gasteiger partial charge in [0.15, 0.2) is 0 Å². The molecule has 0 spiro atoms. The number of hydrogen-bond donors (Lipinski definition) is 1. The zero-order valence-electron chi connectivity index (χ0n) is 12.6. The van der Waals surface area contributed by atoms with Gasteiger partial charge in [0.25, 0.3) is 0 Å². The topological polar surface area (TPSA) is 12.0 Å². The lowest BCUT2D eigenvalue weighted by molar-refractivity contribution is 0.419. The zero-order chi connectivity index (χ0) is 13.4. The second-order valence-electron chi connectivity index (χ2n) is 5.42. The van der Waals surface area contributed by atoms with Gasteiger partial charge in [-0.2, -0.15) is 0 Å². The van der Waals surface area contributed by atoms with Crippen molar-refractivity contribution in [3.8, 4) is 0 Å². The van der Waals surface area contributed by atoms with Crippen LogP contribution in [0.15, 0.2) is 18.2 Å². The molecule has 1 heteroatoms. The fraction of sp³-hybridized carbons (Fsp3) is 0.647. The summed E-state index contributed by atoms with van der Waals surface area (Å²) >= 11 is 0. The van der Waals surface area contributed by atoms with Gasteiger partial charge in [0.1, 0.15) is 0 Å². The Morgan fingerprint density at radius 2 is 1.78 bits per heavy atom. The Balaban J connectivity index is 2.40. The maximum Gasteiger partial charge on any atom is 0.0210 e. The third kappa shape index (κ3) is 4.81. The van der Waals surface area contributed by atoms with E-state index in [1.165, 1.54) is 42.4 Å². The summed E-state index contributed by atoms with van der Waals surface area (Å²) < 4.78 is 0. The number of hydrogen-bond acceptors (Lipinski definition) is 1. The molecule has 0 aliphatic heterocycles. The number of nitrogens with one attached hydrogen (secondary N) is 1. The molecule has 0 saturated heterocycles. The van der Waals surface area contributed by atoms with Crippen LogP contribution < -0.4 is 5.32 Å². The number of rotatable bonds is 8. The van der Waals surface area contributed by atoms with E-state index in [-0.39, 0.29) is 0 Å². The molecule has 1 atom stereocenters. The first-order valence-electron chi connectivity index (χ1n) is 7.44. The van der Waals surface area contributed by atoms with E-state index in [9.17, 15) is 0 Å². The summed E-state index contributed by atoms with van der Waals surface area (Å²) in [5.74, 6) is 0.842. The van der Waals surface area contributed by atoms with Gasteiger partial charge in [0, 0.05) is 6.54 Å². The summed E-state index contributed by atoms with van der Waals surface area (Å²) in [6.07, 6.45) is 5.34. The summed E-state index contributed by atoms with van der Waals surface area (Å²) in [6, 6.07) is 6.56. The molecule has 0 heterocycles. The van der Waals surface area contributed by atoms with E-state index < -0.39 is 0 Å². The standard InChI is InChI=1S/C17H29N/c1-5-7-11-16(6-2)12-18-13-17-14(3)9-8-10-15(17)4/h8-10,16,18H,5-7,11-13H2,1-4H3. The Bertz CT molecular complexity index is 323. The highest BCUT2D eigenvalue weighted by Gasteiger charge is 2.06. The van der Waals surface area contributed by atoms with Crippen molar-refractivity contribution < 1.29 is 0 Å². The lowest BCUT2D eigenvalue weighted by Crippen LogP contribution is -2.23. The lowest BCUT2D eigenvalue weighted by Gasteiger charge is -2.17. The Morgan fingerprint density at radius 1 is 1.11 bits per heavy atom. The quantitative estimate of drug-likeness (QED) is 0.707. The van der Waals surface area contributed by atoms with Crippen LogP contribution in [0.3, 0.4) is 0 Å². The Kier molecular flexibility index (Phi) is 7.04. The molecule has 0 radical (unpaired) electrons. The number of aryl methyl sites for hydroxylation is 2. The van der Waals surface area contributed by atoms with Crippen LogP contribution in [0.25, 0.3) is 0 Å². The molecule has 0 saturated carbocycles. The molecule has 1 N–H and O–H groups in total. The molecule has 0 aliphatic carbocycles. The van der Waals surface area contributed by atoms with E-state index in [1.807, 2.05) is 0 Å². The van der Waals surface area contributed by atoms with Crippen molar-refractivity contribution in [3.63, 3.8) is 0 Å². The smallest absolute Gasteiger partial charge is 0.0210 e. The van der Waals surface area contributed by atoms with Crippen LogP contribution in [-0.4, -0.2) is 6.54 Å². The van der Waals surface area contributed by atoms with Crippen LogP contribution >= 0.6 is 0 Å². The number of benzene rings is 1. The maximum atomic E-state index is 3.64. The van der Waals surface area contributed by atoms with E-state index in [4.69, 9.17) is 0 Å². The van der Waals surface area contributed by atoms with Crippen LogP contribution in [0.5, 0.6) is 0 Å². The Labute approximate surface area is 113 Å². The predicted molar refractivity (Wildman–Crippen MR) is 80.9 cm³/mol. The van der Waals surface area contributed by atoms with Gasteiger partial charge in [-0.1, -0.05) is 51.3 Å². The third-order valence-corrected chi connectivity index (χ3v) is 3.92. The molecule has 0 aromatic heterocycles. The molecule has 0 aliphatic rings. The van der Waals surface area contributed by atoms with Crippen molar-refractivity contribution >= 4 is 0 Å². The van der Waals surface area contributed by atoms with Gasteiger partial charge in [-0.25, -0.2) is 0 Å². The fourth-order valence-electron chi connectivity index (χ4n) is 2.47. The van der Waals surface area contributed by atoms with Gasteiger partial charge in [0.05, 0.1) is 0 Å². The van der Waals surface area contributed by atoms with E-state index in [2.05, 4.69) is 51.2 Å². The van der Waals surface area contributed by atoms with Gasteiger partial charge in [-0.05, 0) is 49.4 Å². The molecule has 102 valence electrons. The van der Waals surface area contributed by atoms with Crippen molar-refractivity contribution in [1.82, 2.24) is 5.32 Å². The van der Waals surface area contributed by atoms with E-state index in [1.54, 1.807) is 0 Å². The monoisotopic (exact) mass is 247 g/mol. The minimum absolute atomic E-state index is 0.842. The zero-order valence-corrected chi connectivity index (χ0v) is 12.6. The summed E-state index contributed by atoms with van der Waals surface area (Å²) in [6.45, 7) is 11.2.